The lowest BCUT2D eigenvalue weighted by Crippen LogP contribution is -2.45. The van der Waals surface area contributed by atoms with Gasteiger partial charge in [0, 0.05) is 5.70 Å². The average Bonchev–Trinajstić information content (AvgIpc) is 2.64. The number of nitrogens with one attached hydrogen (secondary N) is 2. The third-order valence-electron chi connectivity index (χ3n) is 5.34. The van der Waals surface area contributed by atoms with Gasteiger partial charge in [0.2, 0.25) is 0 Å². The van der Waals surface area contributed by atoms with Gasteiger partial charge in [0.05, 0.1) is 18.2 Å². The first kappa shape index (κ1) is 20.2. The number of amides is 2. The minimum atomic E-state index is -0.537. The molecule has 1 saturated carbocycles. The molecular formula is C22H30N2O4. The fraction of sp³-hybridized carbons (Fsp3) is 0.545. The topological polar surface area (TPSA) is 76.7 Å². The number of ether oxygens (including phenoxy) is 2. The van der Waals surface area contributed by atoms with Crippen molar-refractivity contribution >= 4 is 12.0 Å². The number of benzene rings is 1. The monoisotopic (exact) mass is 386 g/mol. The van der Waals surface area contributed by atoms with Crippen LogP contribution in [0.2, 0.25) is 0 Å². The molecule has 0 radical (unpaired) electrons. The van der Waals surface area contributed by atoms with Gasteiger partial charge < -0.3 is 20.1 Å². The van der Waals surface area contributed by atoms with Gasteiger partial charge in [0.15, 0.2) is 0 Å². The molecule has 1 aromatic carbocycles. The van der Waals surface area contributed by atoms with Gasteiger partial charge in [-0.3, -0.25) is 0 Å². The third-order valence-corrected chi connectivity index (χ3v) is 5.34. The minimum absolute atomic E-state index is 0.0493. The molecule has 6 nitrogen and oxygen atoms in total. The van der Waals surface area contributed by atoms with Crippen LogP contribution in [0.1, 0.15) is 70.4 Å². The molecule has 1 atom stereocenters. The zero-order valence-electron chi connectivity index (χ0n) is 16.8. The number of carbonyl (C=O) groups is 2. The van der Waals surface area contributed by atoms with Crippen molar-refractivity contribution in [3.05, 3.63) is 41.1 Å². The van der Waals surface area contributed by atoms with Crippen LogP contribution in [0.3, 0.4) is 0 Å². The number of esters is 1. The van der Waals surface area contributed by atoms with Crippen LogP contribution in [0.15, 0.2) is 35.5 Å². The molecule has 2 aliphatic rings. The lowest BCUT2D eigenvalue weighted by molar-refractivity contribution is -0.145. The van der Waals surface area contributed by atoms with E-state index >= 15 is 0 Å². The van der Waals surface area contributed by atoms with Gasteiger partial charge in [-0.15, -0.1) is 0 Å². The van der Waals surface area contributed by atoms with Crippen LogP contribution in [-0.4, -0.2) is 24.7 Å². The normalized spacial score (nSPS) is 21.2. The van der Waals surface area contributed by atoms with E-state index < -0.39 is 6.04 Å². The van der Waals surface area contributed by atoms with E-state index in [4.69, 9.17) is 9.47 Å². The van der Waals surface area contributed by atoms with E-state index in [0.29, 0.717) is 17.9 Å². The Bertz CT molecular complexity index is 719. The predicted octanol–water partition coefficient (Wildman–Crippen LogP) is 4.37. The molecule has 0 spiro atoms. The maximum absolute atomic E-state index is 13.0. The maximum Gasteiger partial charge on any atom is 0.338 e. The second-order valence-corrected chi connectivity index (χ2v) is 7.44. The number of rotatable bonds is 5. The summed E-state index contributed by atoms with van der Waals surface area (Å²) in [4.78, 5) is 25.1. The molecule has 0 saturated heterocycles. The average molecular weight is 386 g/mol. The molecule has 152 valence electrons. The standard InChI is InChI=1S/C22H30N2O4/c1-3-27-17-13-11-16(12-14-17)20-19(15(2)23-22(26)24-20)21(25)28-18-9-7-5-4-6-8-10-18/h11-14,18,20H,3-10H2,1-2H3,(H2,23,24,26). The molecule has 1 fully saturated rings. The number of hydrogen-bond donors (Lipinski definition) is 2. The summed E-state index contributed by atoms with van der Waals surface area (Å²) in [6.07, 6.45) is 7.61. The van der Waals surface area contributed by atoms with Crippen molar-refractivity contribution in [3.8, 4) is 5.75 Å². The molecule has 1 aliphatic heterocycles. The summed E-state index contributed by atoms with van der Waals surface area (Å²) in [5, 5.41) is 5.56. The fourth-order valence-electron chi connectivity index (χ4n) is 3.89. The number of allylic oxidation sites excluding steroid dienone is 1. The smallest absolute Gasteiger partial charge is 0.338 e. The SMILES string of the molecule is CCOc1ccc(C2NC(=O)NC(C)=C2C(=O)OC2CCCCCCC2)cc1. The highest BCUT2D eigenvalue weighted by atomic mass is 16.5. The van der Waals surface area contributed by atoms with E-state index in [1.165, 1.54) is 19.3 Å². The summed E-state index contributed by atoms with van der Waals surface area (Å²) < 4.78 is 11.4. The summed E-state index contributed by atoms with van der Waals surface area (Å²) in [5.74, 6) is 0.403. The number of urea groups is 1. The summed E-state index contributed by atoms with van der Waals surface area (Å²) in [6, 6.07) is 6.58. The molecule has 1 heterocycles. The molecule has 1 aromatic rings. The van der Waals surface area contributed by atoms with Crippen LogP contribution in [0, 0.1) is 0 Å². The third kappa shape index (κ3) is 5.06. The minimum Gasteiger partial charge on any atom is -0.494 e. The van der Waals surface area contributed by atoms with Gasteiger partial charge >= 0.3 is 12.0 Å². The Balaban J connectivity index is 1.79. The van der Waals surface area contributed by atoms with Crippen molar-refractivity contribution in [1.29, 1.82) is 0 Å². The van der Waals surface area contributed by atoms with E-state index in [1.807, 2.05) is 31.2 Å². The van der Waals surface area contributed by atoms with E-state index in [1.54, 1.807) is 6.92 Å². The number of carbonyl (C=O) groups excluding carboxylic acids is 2. The second kappa shape index (κ2) is 9.62. The quantitative estimate of drug-likeness (QED) is 0.737. The molecule has 28 heavy (non-hydrogen) atoms. The van der Waals surface area contributed by atoms with Gasteiger partial charge in [-0.2, -0.15) is 0 Å². The van der Waals surface area contributed by atoms with Gasteiger partial charge in [-0.25, -0.2) is 9.59 Å². The van der Waals surface area contributed by atoms with Crippen LogP contribution in [0.4, 0.5) is 4.79 Å². The summed E-state index contributed by atoms with van der Waals surface area (Å²) in [5.41, 5.74) is 1.83. The van der Waals surface area contributed by atoms with E-state index in [2.05, 4.69) is 10.6 Å². The first-order chi connectivity index (χ1) is 13.6. The van der Waals surface area contributed by atoms with Crippen molar-refractivity contribution in [1.82, 2.24) is 10.6 Å². The highest BCUT2D eigenvalue weighted by Gasteiger charge is 2.33. The first-order valence-electron chi connectivity index (χ1n) is 10.3. The van der Waals surface area contributed by atoms with Crippen LogP contribution in [0.5, 0.6) is 5.75 Å². The van der Waals surface area contributed by atoms with Gasteiger partial charge in [-0.05, 0) is 57.2 Å². The largest absolute Gasteiger partial charge is 0.494 e. The zero-order chi connectivity index (χ0) is 19.9. The van der Waals surface area contributed by atoms with Gasteiger partial charge in [0.25, 0.3) is 0 Å². The first-order valence-corrected chi connectivity index (χ1v) is 10.3. The molecule has 2 N–H and O–H groups in total. The van der Waals surface area contributed by atoms with Crippen LogP contribution < -0.4 is 15.4 Å². The molecule has 3 rings (SSSR count). The molecule has 2 amide bonds. The van der Waals surface area contributed by atoms with E-state index in [-0.39, 0.29) is 18.1 Å². The van der Waals surface area contributed by atoms with Crippen molar-refractivity contribution in [2.75, 3.05) is 6.61 Å². The molecule has 0 bridgehead atoms. The Kier molecular flexibility index (Phi) is 6.95. The maximum atomic E-state index is 13.0. The highest BCUT2D eigenvalue weighted by Crippen LogP contribution is 2.30. The summed E-state index contributed by atoms with van der Waals surface area (Å²) >= 11 is 0. The summed E-state index contributed by atoms with van der Waals surface area (Å²) in [6.45, 7) is 4.26. The zero-order valence-corrected chi connectivity index (χ0v) is 16.8. The molecule has 1 aliphatic carbocycles. The molecule has 6 heteroatoms. The lowest BCUT2D eigenvalue weighted by atomic mass is 9.95. The van der Waals surface area contributed by atoms with Gasteiger partial charge in [-0.1, -0.05) is 31.4 Å². The van der Waals surface area contributed by atoms with Crippen molar-refractivity contribution in [2.24, 2.45) is 0 Å². The highest BCUT2D eigenvalue weighted by molar-refractivity contribution is 5.95. The van der Waals surface area contributed by atoms with Crippen molar-refractivity contribution in [3.63, 3.8) is 0 Å². The van der Waals surface area contributed by atoms with E-state index in [9.17, 15) is 9.59 Å². The van der Waals surface area contributed by atoms with Crippen molar-refractivity contribution in [2.45, 2.75) is 70.9 Å². The van der Waals surface area contributed by atoms with Crippen LogP contribution >= 0.6 is 0 Å². The Hall–Kier alpha value is -2.50. The summed E-state index contributed by atoms with van der Waals surface area (Å²) in [7, 11) is 0. The molecule has 0 aromatic heterocycles. The van der Waals surface area contributed by atoms with E-state index in [0.717, 1.165) is 37.0 Å². The predicted molar refractivity (Wildman–Crippen MR) is 107 cm³/mol. The second-order valence-electron chi connectivity index (χ2n) is 7.44. The van der Waals surface area contributed by atoms with Crippen molar-refractivity contribution < 1.29 is 19.1 Å². The lowest BCUT2D eigenvalue weighted by Gasteiger charge is -2.29. The molecule has 1 unspecified atom stereocenters. The Labute approximate surface area is 166 Å². The fourth-order valence-corrected chi connectivity index (χ4v) is 3.89. The van der Waals surface area contributed by atoms with Crippen LogP contribution in [-0.2, 0) is 9.53 Å². The Morgan fingerprint density at radius 2 is 1.71 bits per heavy atom. The Morgan fingerprint density at radius 3 is 2.36 bits per heavy atom. The van der Waals surface area contributed by atoms with Gasteiger partial charge in [0.1, 0.15) is 11.9 Å². The Morgan fingerprint density at radius 1 is 1.07 bits per heavy atom. The van der Waals surface area contributed by atoms with Crippen LogP contribution in [0.25, 0.3) is 0 Å². The molecular weight excluding hydrogens is 356 g/mol. The number of hydrogen-bond acceptors (Lipinski definition) is 4.